The van der Waals surface area contributed by atoms with Gasteiger partial charge in [0.2, 0.25) is 0 Å². The van der Waals surface area contributed by atoms with Crippen molar-refractivity contribution in [3.05, 3.63) is 35.4 Å². The Kier molecular flexibility index (Phi) is 5.10. The Morgan fingerprint density at radius 1 is 1.33 bits per heavy atom. The first-order valence-corrected chi connectivity index (χ1v) is 7.93. The summed E-state index contributed by atoms with van der Waals surface area (Å²) in [5.41, 5.74) is 5.91. The average Bonchev–Trinajstić information content (AvgIpc) is 2.29. The zero-order valence-corrected chi connectivity index (χ0v) is 12.2. The largest absolute Gasteiger partial charge is 0.271 e. The van der Waals surface area contributed by atoms with Crippen LogP contribution < -0.4 is 11.3 Å². The lowest BCUT2D eigenvalue weighted by Crippen LogP contribution is -2.31. The highest BCUT2D eigenvalue weighted by atomic mass is 32.2. The minimum Gasteiger partial charge on any atom is -0.271 e. The van der Waals surface area contributed by atoms with Gasteiger partial charge in [-0.1, -0.05) is 44.5 Å². The highest BCUT2D eigenvalue weighted by molar-refractivity contribution is 7.99. The molecule has 0 heterocycles. The molecule has 1 aliphatic carbocycles. The van der Waals surface area contributed by atoms with Gasteiger partial charge in [0.25, 0.3) is 0 Å². The van der Waals surface area contributed by atoms with Crippen molar-refractivity contribution in [2.75, 3.05) is 5.75 Å². The third kappa shape index (κ3) is 3.28. The van der Waals surface area contributed by atoms with Crippen LogP contribution in [-0.4, -0.2) is 11.0 Å². The Morgan fingerprint density at radius 3 is 2.61 bits per heavy atom. The van der Waals surface area contributed by atoms with E-state index in [9.17, 15) is 0 Å². The van der Waals surface area contributed by atoms with Gasteiger partial charge in [0.05, 0.1) is 6.04 Å². The molecule has 0 bridgehead atoms. The summed E-state index contributed by atoms with van der Waals surface area (Å²) in [4.78, 5) is 0. The van der Waals surface area contributed by atoms with E-state index in [1.54, 1.807) is 0 Å². The molecule has 1 aromatic rings. The van der Waals surface area contributed by atoms with Crippen molar-refractivity contribution in [1.29, 1.82) is 0 Å². The summed E-state index contributed by atoms with van der Waals surface area (Å²) in [5, 5.41) is 0.650. The highest BCUT2D eigenvalue weighted by Gasteiger charge is 2.24. The maximum Gasteiger partial charge on any atom is 0.0553 e. The predicted molar refractivity (Wildman–Crippen MR) is 80.7 cm³/mol. The first-order chi connectivity index (χ1) is 8.72. The van der Waals surface area contributed by atoms with E-state index in [0.29, 0.717) is 5.25 Å². The third-order valence-electron chi connectivity index (χ3n) is 3.71. The van der Waals surface area contributed by atoms with Gasteiger partial charge in [0.1, 0.15) is 0 Å². The minimum absolute atomic E-state index is 0.272. The quantitative estimate of drug-likeness (QED) is 0.609. The van der Waals surface area contributed by atoms with Gasteiger partial charge in [-0.2, -0.15) is 11.8 Å². The molecule has 3 N–H and O–H groups in total. The molecule has 1 fully saturated rings. The van der Waals surface area contributed by atoms with Gasteiger partial charge in [0, 0.05) is 5.75 Å². The maximum atomic E-state index is 5.76. The number of benzene rings is 1. The van der Waals surface area contributed by atoms with Crippen LogP contribution in [0.4, 0.5) is 0 Å². The van der Waals surface area contributed by atoms with Gasteiger partial charge in [-0.15, -0.1) is 0 Å². The van der Waals surface area contributed by atoms with Crippen molar-refractivity contribution in [2.45, 2.75) is 50.3 Å². The van der Waals surface area contributed by atoms with Crippen LogP contribution in [0.25, 0.3) is 0 Å². The summed E-state index contributed by atoms with van der Waals surface area (Å²) in [6.07, 6.45) is 4.05. The first-order valence-electron chi connectivity index (χ1n) is 6.89. The van der Waals surface area contributed by atoms with E-state index < -0.39 is 0 Å². The van der Waals surface area contributed by atoms with Crippen molar-refractivity contribution < 1.29 is 0 Å². The highest BCUT2D eigenvalue weighted by Crippen LogP contribution is 2.39. The van der Waals surface area contributed by atoms with E-state index in [1.807, 2.05) is 11.8 Å². The Labute approximate surface area is 115 Å². The monoisotopic (exact) mass is 264 g/mol. The van der Waals surface area contributed by atoms with E-state index in [4.69, 9.17) is 5.84 Å². The second-order valence-electron chi connectivity index (χ2n) is 5.36. The topological polar surface area (TPSA) is 38.0 Å². The lowest BCUT2D eigenvalue weighted by molar-refractivity contribution is 0.413. The van der Waals surface area contributed by atoms with Crippen LogP contribution in [0.3, 0.4) is 0 Å². The molecule has 0 aliphatic heterocycles. The van der Waals surface area contributed by atoms with Gasteiger partial charge in [-0.05, 0) is 35.1 Å². The van der Waals surface area contributed by atoms with Gasteiger partial charge < -0.3 is 0 Å². The fraction of sp³-hybridized carbons (Fsp3) is 0.600. The molecule has 0 saturated heterocycles. The molecule has 1 atom stereocenters. The van der Waals surface area contributed by atoms with Crippen LogP contribution in [0.2, 0.25) is 0 Å². The van der Waals surface area contributed by atoms with Crippen LogP contribution in [0.5, 0.6) is 0 Å². The second kappa shape index (κ2) is 6.60. The molecule has 1 saturated carbocycles. The number of nitrogens with two attached hydrogens (primary N) is 1. The van der Waals surface area contributed by atoms with Crippen LogP contribution in [0.1, 0.15) is 56.2 Å². The lowest BCUT2D eigenvalue weighted by atomic mass is 9.77. The van der Waals surface area contributed by atoms with Crippen LogP contribution in [0.15, 0.2) is 24.3 Å². The van der Waals surface area contributed by atoms with Crippen molar-refractivity contribution in [3.8, 4) is 0 Å². The van der Waals surface area contributed by atoms with Gasteiger partial charge >= 0.3 is 0 Å². The fourth-order valence-corrected chi connectivity index (χ4v) is 3.29. The lowest BCUT2D eigenvalue weighted by Gasteiger charge is -2.30. The van der Waals surface area contributed by atoms with E-state index in [0.717, 1.165) is 11.7 Å². The normalized spacial score (nSPS) is 17.8. The Morgan fingerprint density at radius 2 is 2.06 bits per heavy atom. The summed E-state index contributed by atoms with van der Waals surface area (Å²) in [6.45, 7) is 4.46. The molecule has 0 spiro atoms. The number of hydrogen-bond donors (Lipinski definition) is 2. The molecule has 1 aliphatic rings. The van der Waals surface area contributed by atoms with E-state index in [-0.39, 0.29) is 6.04 Å². The standard InChI is InChI=1S/C15H24N2S/c1-11(2)18-10-15(17-16)14-9-4-3-8-13(14)12-6-5-7-12/h3-4,8-9,11-12,15,17H,5-7,10,16H2,1-2H3. The SMILES string of the molecule is CC(C)SCC(NN)c1ccccc1C1CCC1. The summed E-state index contributed by atoms with van der Waals surface area (Å²) in [7, 11) is 0. The molecule has 0 radical (unpaired) electrons. The first kappa shape index (κ1) is 13.9. The molecule has 18 heavy (non-hydrogen) atoms. The van der Waals surface area contributed by atoms with Crippen LogP contribution in [0, 0.1) is 0 Å². The molecule has 0 aromatic heterocycles. The molecular formula is C15H24N2S. The fourth-order valence-electron chi connectivity index (χ4n) is 2.44. The van der Waals surface area contributed by atoms with E-state index in [2.05, 4.69) is 43.5 Å². The molecule has 3 heteroatoms. The Hall–Kier alpha value is -0.510. The number of hydrogen-bond acceptors (Lipinski definition) is 3. The Bertz CT molecular complexity index is 375. The van der Waals surface area contributed by atoms with Gasteiger partial charge in [-0.25, -0.2) is 0 Å². The maximum absolute atomic E-state index is 5.76. The predicted octanol–water partition coefficient (Wildman–Crippen LogP) is 3.60. The molecule has 1 unspecified atom stereocenters. The number of hydrazine groups is 1. The molecule has 2 nitrogen and oxygen atoms in total. The van der Waals surface area contributed by atoms with Gasteiger partial charge in [-0.3, -0.25) is 11.3 Å². The van der Waals surface area contributed by atoms with Crippen LogP contribution >= 0.6 is 11.8 Å². The second-order valence-corrected chi connectivity index (χ2v) is 6.97. The number of nitrogens with one attached hydrogen (secondary N) is 1. The van der Waals surface area contributed by atoms with Crippen molar-refractivity contribution >= 4 is 11.8 Å². The van der Waals surface area contributed by atoms with Gasteiger partial charge in [0.15, 0.2) is 0 Å². The molecule has 1 aromatic carbocycles. The van der Waals surface area contributed by atoms with Crippen molar-refractivity contribution in [3.63, 3.8) is 0 Å². The molecule has 2 rings (SSSR count). The third-order valence-corrected chi connectivity index (χ3v) is 4.91. The van der Waals surface area contributed by atoms with E-state index >= 15 is 0 Å². The summed E-state index contributed by atoms with van der Waals surface area (Å²) in [5.74, 6) is 7.56. The minimum atomic E-state index is 0.272. The smallest absolute Gasteiger partial charge is 0.0553 e. The van der Waals surface area contributed by atoms with Crippen molar-refractivity contribution in [2.24, 2.45) is 5.84 Å². The van der Waals surface area contributed by atoms with Crippen LogP contribution in [-0.2, 0) is 0 Å². The zero-order valence-electron chi connectivity index (χ0n) is 11.4. The number of rotatable bonds is 6. The zero-order chi connectivity index (χ0) is 13.0. The van der Waals surface area contributed by atoms with E-state index in [1.165, 1.54) is 30.4 Å². The molecule has 100 valence electrons. The molecule has 0 amide bonds. The number of thioether (sulfide) groups is 1. The van der Waals surface area contributed by atoms with Crippen molar-refractivity contribution in [1.82, 2.24) is 5.43 Å². The summed E-state index contributed by atoms with van der Waals surface area (Å²) in [6, 6.07) is 9.07. The molecular weight excluding hydrogens is 240 g/mol. The Balaban J connectivity index is 2.13. The average molecular weight is 264 g/mol. The summed E-state index contributed by atoms with van der Waals surface area (Å²) < 4.78 is 0. The summed E-state index contributed by atoms with van der Waals surface area (Å²) >= 11 is 1.96.